The van der Waals surface area contributed by atoms with E-state index < -0.39 is 41.9 Å². The van der Waals surface area contributed by atoms with Crippen molar-refractivity contribution in [2.45, 2.75) is 89.9 Å². The first-order valence-corrected chi connectivity index (χ1v) is 15.3. The molecule has 1 heterocycles. The lowest BCUT2D eigenvalue weighted by Gasteiger charge is -2.26. The minimum Gasteiger partial charge on any atom is -0.344 e. The van der Waals surface area contributed by atoms with Crippen LogP contribution in [-0.2, 0) is 36.8 Å². The lowest BCUT2D eigenvalue weighted by molar-refractivity contribution is -0.134. The molecular weight excluding hydrogens is 600 g/mol. The van der Waals surface area contributed by atoms with Crippen molar-refractivity contribution in [1.29, 1.82) is 0 Å². The maximum Gasteiger partial charge on any atom is 0.243 e. The molecule has 2 aromatic rings. The van der Waals surface area contributed by atoms with Crippen molar-refractivity contribution in [3.8, 4) is 0 Å². The number of amides is 4. The van der Waals surface area contributed by atoms with Gasteiger partial charge in [-0.15, -0.1) is 0 Å². The van der Waals surface area contributed by atoms with E-state index in [1.54, 1.807) is 6.92 Å². The van der Waals surface area contributed by atoms with Gasteiger partial charge in [0.15, 0.2) is 5.78 Å². The van der Waals surface area contributed by atoms with E-state index in [9.17, 15) is 24.0 Å². The van der Waals surface area contributed by atoms with Crippen molar-refractivity contribution >= 4 is 45.3 Å². The molecule has 0 saturated carbocycles. The monoisotopic (exact) mass is 640 g/mol. The van der Waals surface area contributed by atoms with Gasteiger partial charge in [-0.2, -0.15) is 0 Å². The first-order chi connectivity index (χ1) is 20.0. The number of hydrogen-bond donors (Lipinski definition) is 4. The van der Waals surface area contributed by atoms with Crippen molar-refractivity contribution in [3.05, 3.63) is 70.2 Å². The third-order valence-electron chi connectivity index (χ3n) is 7.16. The van der Waals surface area contributed by atoms with Gasteiger partial charge in [0.1, 0.15) is 18.1 Å². The molecule has 2 aromatic carbocycles. The summed E-state index contributed by atoms with van der Waals surface area (Å²) in [5.41, 5.74) is 1.74. The lowest BCUT2D eigenvalue weighted by Crippen LogP contribution is -2.57. The number of carbonyl (C=O) groups excluding carboxylic acids is 5. The summed E-state index contributed by atoms with van der Waals surface area (Å²) in [5, 5.41) is 11.2. The summed E-state index contributed by atoms with van der Waals surface area (Å²) in [6, 6.07) is 13.3. The highest BCUT2D eigenvalue weighted by molar-refractivity contribution is 9.10. The van der Waals surface area contributed by atoms with E-state index >= 15 is 0 Å². The minimum atomic E-state index is -0.945. The van der Waals surface area contributed by atoms with Crippen LogP contribution in [0.1, 0.15) is 64.0 Å². The Balaban J connectivity index is 1.85. The van der Waals surface area contributed by atoms with Gasteiger partial charge in [-0.1, -0.05) is 72.2 Å². The second kappa shape index (κ2) is 16.2. The van der Waals surface area contributed by atoms with Gasteiger partial charge >= 0.3 is 0 Å². The van der Waals surface area contributed by atoms with Crippen molar-refractivity contribution in [2.75, 3.05) is 0 Å². The van der Waals surface area contributed by atoms with Crippen LogP contribution in [0.15, 0.2) is 59.1 Å². The normalized spacial score (nSPS) is 23.4. The number of Topliss-reactive ketones (excluding diaryl/α,β-unsaturated/α-hetero) is 1. The molecule has 4 N–H and O–H groups in total. The molecule has 1 aliphatic heterocycles. The Labute approximate surface area is 256 Å². The van der Waals surface area contributed by atoms with Crippen LogP contribution in [0.4, 0.5) is 0 Å². The van der Waals surface area contributed by atoms with Crippen molar-refractivity contribution in [3.63, 3.8) is 0 Å². The largest absolute Gasteiger partial charge is 0.344 e. The molecule has 0 aromatic heterocycles. The van der Waals surface area contributed by atoms with E-state index in [0.29, 0.717) is 25.7 Å². The van der Waals surface area contributed by atoms with Crippen LogP contribution in [0.3, 0.4) is 0 Å². The molecule has 0 spiro atoms. The van der Waals surface area contributed by atoms with Gasteiger partial charge in [-0.25, -0.2) is 0 Å². The topological polar surface area (TPSA) is 133 Å². The van der Waals surface area contributed by atoms with Crippen LogP contribution < -0.4 is 21.3 Å². The van der Waals surface area contributed by atoms with Crippen LogP contribution in [0.2, 0.25) is 0 Å². The predicted octanol–water partition coefficient (Wildman–Crippen LogP) is 3.38. The Morgan fingerprint density at radius 3 is 1.93 bits per heavy atom. The first kappa shape index (κ1) is 33.0. The third-order valence-corrected chi connectivity index (χ3v) is 7.69. The number of carbonyl (C=O) groups is 5. The summed E-state index contributed by atoms with van der Waals surface area (Å²) in [7, 11) is 0. The molecule has 1 aliphatic rings. The molecule has 9 nitrogen and oxygen atoms in total. The number of hydrogen-bond acceptors (Lipinski definition) is 5. The maximum atomic E-state index is 13.4. The average Bonchev–Trinajstić information content (AvgIpc) is 2.95. The molecule has 226 valence electrons. The highest BCUT2D eigenvalue weighted by Gasteiger charge is 2.30. The molecule has 4 atom stereocenters. The summed E-state index contributed by atoms with van der Waals surface area (Å²) < 4.78 is 0.902. The van der Waals surface area contributed by atoms with Crippen LogP contribution >= 0.6 is 15.9 Å². The molecule has 1 fully saturated rings. The van der Waals surface area contributed by atoms with E-state index in [1.807, 2.05) is 68.4 Å². The van der Waals surface area contributed by atoms with E-state index in [4.69, 9.17) is 0 Å². The fourth-order valence-corrected chi connectivity index (χ4v) is 5.10. The highest BCUT2D eigenvalue weighted by atomic mass is 79.9. The Morgan fingerprint density at radius 1 is 0.690 bits per heavy atom. The standard InChI is InChI=1S/C32H41BrN4O5/c1-20(2)17-26-31(41)34-21(3)30(40)36-25(18-23-13-15-24(33)16-14-23)28(38)11-7-8-12-29(39)35-27(32(42)37-26)19-22-9-5-4-6-10-22/h4-6,9-10,13-16,20-21,25-27H,7-8,11-12,17-19H2,1-3H3,(H,34,41)(H,35,39)(H,36,40)(H,37,42)/t21-,25-,26-,27-/m0/s1. The third kappa shape index (κ3) is 10.7. The molecule has 10 heteroatoms. The van der Waals surface area contributed by atoms with Crippen LogP contribution in [-0.4, -0.2) is 53.6 Å². The van der Waals surface area contributed by atoms with E-state index in [2.05, 4.69) is 37.2 Å². The first-order valence-electron chi connectivity index (χ1n) is 14.5. The van der Waals surface area contributed by atoms with Crippen molar-refractivity contribution < 1.29 is 24.0 Å². The van der Waals surface area contributed by atoms with E-state index in [1.165, 1.54) is 0 Å². The maximum absolute atomic E-state index is 13.4. The van der Waals surface area contributed by atoms with Gasteiger partial charge in [-0.3, -0.25) is 24.0 Å². The Bertz CT molecular complexity index is 1240. The van der Waals surface area contributed by atoms with Crippen molar-refractivity contribution in [2.24, 2.45) is 5.92 Å². The summed E-state index contributed by atoms with van der Waals surface area (Å²) in [4.78, 5) is 66.1. The summed E-state index contributed by atoms with van der Waals surface area (Å²) in [5.74, 6) is -1.86. The van der Waals surface area contributed by atoms with Gasteiger partial charge in [0.2, 0.25) is 23.6 Å². The van der Waals surface area contributed by atoms with E-state index in [0.717, 1.165) is 15.6 Å². The average molecular weight is 642 g/mol. The van der Waals surface area contributed by atoms with E-state index in [-0.39, 0.29) is 36.9 Å². The van der Waals surface area contributed by atoms with Crippen molar-refractivity contribution in [1.82, 2.24) is 21.3 Å². The number of halogens is 1. The van der Waals surface area contributed by atoms with Crippen LogP contribution in [0.25, 0.3) is 0 Å². The summed E-state index contributed by atoms with van der Waals surface area (Å²) in [6.45, 7) is 5.41. The van der Waals surface area contributed by atoms with Crippen LogP contribution in [0, 0.1) is 5.92 Å². The molecule has 0 aliphatic carbocycles. The highest BCUT2D eigenvalue weighted by Crippen LogP contribution is 2.15. The van der Waals surface area contributed by atoms with Gasteiger partial charge in [0.05, 0.1) is 6.04 Å². The number of rotatable bonds is 6. The number of benzene rings is 2. The fraction of sp³-hybridized carbons (Fsp3) is 0.469. The van der Waals surface area contributed by atoms with Gasteiger partial charge in [-0.05, 0) is 61.8 Å². The molecular formula is C32H41BrN4O5. The SMILES string of the molecule is CC(C)C[C@@H]1NC(=O)[C@H](Cc2ccccc2)NC(=O)CCCCC(=O)[C@H](Cc2ccc(Br)cc2)NC(=O)[C@H](C)NC1=O. The molecule has 0 bridgehead atoms. The Morgan fingerprint density at radius 2 is 1.26 bits per heavy atom. The molecule has 3 rings (SSSR count). The summed E-state index contributed by atoms with van der Waals surface area (Å²) >= 11 is 3.41. The number of nitrogens with one attached hydrogen (secondary N) is 4. The summed E-state index contributed by atoms with van der Waals surface area (Å²) in [6.07, 6.45) is 2.11. The second-order valence-electron chi connectivity index (χ2n) is 11.3. The van der Waals surface area contributed by atoms with Crippen LogP contribution in [0.5, 0.6) is 0 Å². The zero-order chi connectivity index (χ0) is 30.6. The molecule has 4 amide bonds. The minimum absolute atomic E-state index is 0.0642. The predicted molar refractivity (Wildman–Crippen MR) is 164 cm³/mol. The van der Waals surface area contributed by atoms with Gasteiger partial charge in [0, 0.05) is 23.7 Å². The molecule has 0 radical (unpaired) electrons. The zero-order valence-corrected chi connectivity index (χ0v) is 26.0. The molecule has 0 unspecified atom stereocenters. The van der Waals surface area contributed by atoms with Gasteiger partial charge in [0.25, 0.3) is 0 Å². The Hall–Kier alpha value is -3.53. The van der Waals surface area contributed by atoms with Gasteiger partial charge < -0.3 is 21.3 Å². The fourth-order valence-electron chi connectivity index (χ4n) is 4.84. The lowest BCUT2D eigenvalue weighted by atomic mass is 9.98. The quantitative estimate of drug-likeness (QED) is 0.384. The second-order valence-corrected chi connectivity index (χ2v) is 12.2. The molecule has 1 saturated heterocycles. The molecule has 42 heavy (non-hydrogen) atoms. The number of ketones is 1. The zero-order valence-electron chi connectivity index (χ0n) is 24.5. The smallest absolute Gasteiger partial charge is 0.243 e. The Kier molecular flexibility index (Phi) is 12.7.